The van der Waals surface area contributed by atoms with Crippen LogP contribution in [0.1, 0.15) is 31.4 Å². The van der Waals surface area contributed by atoms with Gasteiger partial charge in [-0.25, -0.2) is 0 Å². The maximum atomic E-state index is 10.1. The van der Waals surface area contributed by atoms with Gasteiger partial charge in [0.05, 0.1) is 6.10 Å². The Bertz CT molecular complexity index is 384. The van der Waals surface area contributed by atoms with E-state index in [2.05, 4.69) is 6.92 Å². The number of rotatable bonds is 4. The van der Waals surface area contributed by atoms with E-state index < -0.39 is 6.10 Å². The quantitative estimate of drug-likeness (QED) is 0.848. The minimum absolute atomic E-state index is 0.123. The molecule has 2 nitrogen and oxygen atoms in total. The fraction of sp³-hybridized carbons (Fsp3) is 0.538. The van der Waals surface area contributed by atoms with Gasteiger partial charge in [-0.1, -0.05) is 18.5 Å². The smallest absolute Gasteiger partial charge is 0.125 e. The Hall–Kier alpha value is -0.380. The van der Waals surface area contributed by atoms with Crippen molar-refractivity contribution >= 4 is 23.4 Å². The summed E-state index contributed by atoms with van der Waals surface area (Å²) in [4.78, 5) is 0. The lowest BCUT2D eigenvalue weighted by Crippen LogP contribution is -2.26. The first-order chi connectivity index (χ1) is 8.20. The van der Waals surface area contributed by atoms with E-state index in [1.807, 2.05) is 17.8 Å². The second-order valence-corrected chi connectivity index (χ2v) is 5.99. The minimum atomic E-state index is -0.450. The number of fused-ring (bicyclic) bond motifs is 1. The van der Waals surface area contributed by atoms with Crippen molar-refractivity contribution in [1.82, 2.24) is 0 Å². The lowest BCUT2D eigenvalue weighted by molar-refractivity contribution is 0.0648. The molecule has 0 spiro atoms. The third kappa shape index (κ3) is 3.30. The molecule has 0 amide bonds. The standard InChI is InChI=1S/C13H17ClO2S/c1-2-17-6-5-10-8-12(15)11-7-9(14)3-4-13(11)16-10/h3-4,7,10,12,15H,2,5-6,8H2,1H3/t10?,12-/m1/s1. The van der Waals surface area contributed by atoms with Crippen LogP contribution in [0, 0.1) is 0 Å². The van der Waals surface area contributed by atoms with Crippen molar-refractivity contribution in [3.63, 3.8) is 0 Å². The molecule has 0 aliphatic carbocycles. The van der Waals surface area contributed by atoms with Gasteiger partial charge in [0.25, 0.3) is 0 Å². The number of hydrogen-bond donors (Lipinski definition) is 1. The van der Waals surface area contributed by atoms with E-state index in [1.165, 1.54) is 0 Å². The van der Waals surface area contributed by atoms with Crippen LogP contribution in [0.25, 0.3) is 0 Å². The number of benzene rings is 1. The van der Waals surface area contributed by atoms with Crippen LogP contribution in [-0.4, -0.2) is 22.7 Å². The second kappa shape index (κ2) is 5.98. The molecule has 0 saturated carbocycles. The summed E-state index contributed by atoms with van der Waals surface area (Å²) < 4.78 is 5.87. The summed E-state index contributed by atoms with van der Waals surface area (Å²) in [6.45, 7) is 2.15. The highest BCUT2D eigenvalue weighted by atomic mass is 35.5. The van der Waals surface area contributed by atoms with Crippen molar-refractivity contribution in [2.75, 3.05) is 11.5 Å². The fourth-order valence-electron chi connectivity index (χ4n) is 2.03. The topological polar surface area (TPSA) is 29.5 Å². The number of aliphatic hydroxyl groups is 1. The summed E-state index contributed by atoms with van der Waals surface area (Å²) in [5, 5.41) is 10.7. The molecule has 1 aliphatic rings. The first kappa shape index (κ1) is 13.1. The Kier molecular flexibility index (Phi) is 4.60. The van der Waals surface area contributed by atoms with Gasteiger partial charge in [-0.15, -0.1) is 0 Å². The average molecular weight is 273 g/mol. The van der Waals surface area contributed by atoms with E-state index in [1.54, 1.807) is 12.1 Å². The average Bonchev–Trinajstić information content (AvgIpc) is 2.31. The predicted octanol–water partition coefficient (Wildman–Crippen LogP) is 3.67. The molecule has 2 atom stereocenters. The third-order valence-electron chi connectivity index (χ3n) is 2.90. The molecule has 94 valence electrons. The van der Waals surface area contributed by atoms with Crippen LogP contribution < -0.4 is 4.74 Å². The number of thioether (sulfide) groups is 1. The van der Waals surface area contributed by atoms with E-state index in [0.29, 0.717) is 11.4 Å². The van der Waals surface area contributed by atoms with Gasteiger partial charge < -0.3 is 9.84 Å². The molecule has 1 aromatic rings. The van der Waals surface area contributed by atoms with Crippen molar-refractivity contribution in [3.8, 4) is 5.75 Å². The SMILES string of the molecule is CCSCCC1C[C@@H](O)c2cc(Cl)ccc2O1. The second-order valence-electron chi connectivity index (χ2n) is 4.16. The lowest BCUT2D eigenvalue weighted by atomic mass is 9.98. The van der Waals surface area contributed by atoms with Crippen molar-refractivity contribution in [2.24, 2.45) is 0 Å². The van der Waals surface area contributed by atoms with E-state index in [0.717, 1.165) is 29.2 Å². The Morgan fingerprint density at radius 2 is 2.35 bits per heavy atom. The molecule has 1 heterocycles. The zero-order chi connectivity index (χ0) is 12.3. The van der Waals surface area contributed by atoms with Crippen LogP contribution in [0.5, 0.6) is 5.75 Å². The number of ether oxygens (including phenoxy) is 1. The molecule has 17 heavy (non-hydrogen) atoms. The zero-order valence-electron chi connectivity index (χ0n) is 9.86. The van der Waals surface area contributed by atoms with Gasteiger partial charge in [-0.2, -0.15) is 11.8 Å². The van der Waals surface area contributed by atoms with Gasteiger partial charge in [0.15, 0.2) is 0 Å². The predicted molar refractivity (Wildman–Crippen MR) is 73.1 cm³/mol. The van der Waals surface area contributed by atoms with Crippen molar-refractivity contribution in [1.29, 1.82) is 0 Å². The summed E-state index contributed by atoms with van der Waals surface area (Å²) in [5.41, 5.74) is 0.817. The summed E-state index contributed by atoms with van der Waals surface area (Å²) in [6.07, 6.45) is 1.32. The van der Waals surface area contributed by atoms with Crippen molar-refractivity contribution < 1.29 is 9.84 Å². The van der Waals surface area contributed by atoms with Crippen LogP contribution in [0.4, 0.5) is 0 Å². The Morgan fingerprint density at radius 1 is 1.53 bits per heavy atom. The highest BCUT2D eigenvalue weighted by molar-refractivity contribution is 7.99. The Morgan fingerprint density at radius 3 is 3.12 bits per heavy atom. The molecule has 4 heteroatoms. The van der Waals surface area contributed by atoms with E-state index in [4.69, 9.17) is 16.3 Å². The van der Waals surface area contributed by atoms with Crippen LogP contribution in [0.2, 0.25) is 5.02 Å². The third-order valence-corrected chi connectivity index (χ3v) is 4.07. The van der Waals surface area contributed by atoms with E-state index in [-0.39, 0.29) is 6.10 Å². The highest BCUT2D eigenvalue weighted by Crippen LogP contribution is 2.37. The van der Waals surface area contributed by atoms with Crippen LogP contribution in [-0.2, 0) is 0 Å². The van der Waals surface area contributed by atoms with Crippen LogP contribution >= 0.6 is 23.4 Å². The van der Waals surface area contributed by atoms with E-state index >= 15 is 0 Å². The summed E-state index contributed by atoms with van der Waals surface area (Å²) in [5.74, 6) is 2.98. The maximum absolute atomic E-state index is 10.1. The molecule has 0 saturated heterocycles. The molecule has 1 N–H and O–H groups in total. The monoisotopic (exact) mass is 272 g/mol. The molecule has 1 aromatic carbocycles. The molecule has 0 radical (unpaired) electrons. The molecule has 0 fully saturated rings. The Labute approximate surface area is 111 Å². The molecule has 2 rings (SSSR count). The molecule has 0 bridgehead atoms. The van der Waals surface area contributed by atoms with Crippen molar-refractivity contribution in [3.05, 3.63) is 28.8 Å². The number of hydrogen-bond acceptors (Lipinski definition) is 3. The number of halogens is 1. The van der Waals surface area contributed by atoms with Gasteiger partial charge >= 0.3 is 0 Å². The van der Waals surface area contributed by atoms with E-state index in [9.17, 15) is 5.11 Å². The minimum Gasteiger partial charge on any atom is -0.490 e. The molecule has 1 unspecified atom stereocenters. The van der Waals surface area contributed by atoms with Crippen LogP contribution in [0.3, 0.4) is 0 Å². The van der Waals surface area contributed by atoms with Gasteiger partial charge in [0, 0.05) is 17.0 Å². The van der Waals surface area contributed by atoms with Gasteiger partial charge in [-0.3, -0.25) is 0 Å². The first-order valence-corrected chi connectivity index (χ1v) is 7.46. The van der Waals surface area contributed by atoms with Crippen molar-refractivity contribution in [2.45, 2.75) is 32.0 Å². The molecule has 1 aliphatic heterocycles. The van der Waals surface area contributed by atoms with Gasteiger partial charge in [-0.05, 0) is 36.1 Å². The van der Waals surface area contributed by atoms with Gasteiger partial charge in [0.2, 0.25) is 0 Å². The first-order valence-electron chi connectivity index (χ1n) is 5.92. The summed E-state index contributed by atoms with van der Waals surface area (Å²) in [6, 6.07) is 5.44. The normalized spacial score (nSPS) is 23.0. The van der Waals surface area contributed by atoms with Gasteiger partial charge in [0.1, 0.15) is 11.9 Å². The summed E-state index contributed by atoms with van der Waals surface area (Å²) >= 11 is 7.81. The molecular formula is C13H17ClO2S. The fourth-order valence-corrected chi connectivity index (χ4v) is 2.93. The maximum Gasteiger partial charge on any atom is 0.125 e. The highest BCUT2D eigenvalue weighted by Gasteiger charge is 2.26. The summed E-state index contributed by atoms with van der Waals surface area (Å²) in [7, 11) is 0. The lowest BCUT2D eigenvalue weighted by Gasteiger charge is -2.29. The largest absolute Gasteiger partial charge is 0.490 e. The van der Waals surface area contributed by atoms with Crippen LogP contribution in [0.15, 0.2) is 18.2 Å². The Balaban J connectivity index is 2.03. The molecular weight excluding hydrogens is 256 g/mol. The zero-order valence-corrected chi connectivity index (χ0v) is 11.4. The number of aliphatic hydroxyl groups excluding tert-OH is 1. The molecule has 0 aromatic heterocycles.